The molecule has 0 aliphatic heterocycles. The van der Waals surface area contributed by atoms with Crippen molar-refractivity contribution in [1.82, 2.24) is 0 Å². The molecule has 0 spiro atoms. The average Bonchev–Trinajstić information content (AvgIpc) is 2.01. The van der Waals surface area contributed by atoms with E-state index in [9.17, 15) is 0 Å². The highest BCUT2D eigenvalue weighted by Gasteiger charge is 1.99. The molecule has 0 aliphatic rings. The Kier molecular flexibility index (Phi) is 4.71. The summed E-state index contributed by atoms with van der Waals surface area (Å²) in [5, 5.41) is 16.1. The van der Waals surface area contributed by atoms with Crippen LogP contribution in [0.15, 0.2) is 24.3 Å². The number of nitrogen functional groups attached to an aromatic ring is 1. The molecule has 0 radical (unpaired) electrons. The van der Waals surface area contributed by atoms with Crippen LogP contribution in [0.25, 0.3) is 0 Å². The smallest absolute Gasteiger partial charge is 0.394 e. The van der Waals surface area contributed by atoms with Gasteiger partial charge in [0.25, 0.3) is 0 Å². The van der Waals surface area contributed by atoms with Crippen LogP contribution in [0, 0.1) is 5.41 Å². The highest BCUT2D eigenvalue weighted by atomic mass is 32.3. The number of rotatable bonds is 1. The Morgan fingerprint density at radius 2 is 1.67 bits per heavy atom. The van der Waals surface area contributed by atoms with Crippen molar-refractivity contribution in [1.29, 1.82) is 5.41 Å². The molecule has 0 bridgehead atoms. The first-order valence-electron chi connectivity index (χ1n) is 3.54. The van der Waals surface area contributed by atoms with Gasteiger partial charge in [0, 0.05) is 0 Å². The third-order valence-corrected chi connectivity index (χ3v) is 1.19. The van der Waals surface area contributed by atoms with Crippen molar-refractivity contribution >= 4 is 16.2 Å². The van der Waals surface area contributed by atoms with Gasteiger partial charge in [-0.05, 0) is 12.1 Å². The lowest BCUT2D eigenvalue weighted by molar-refractivity contribution is 0.381. The molecule has 0 amide bonds. The molecule has 15 heavy (non-hydrogen) atoms. The fourth-order valence-electron chi connectivity index (χ4n) is 0.701. The van der Waals surface area contributed by atoms with Gasteiger partial charge in [0.2, 0.25) is 0 Å². The van der Waals surface area contributed by atoms with E-state index >= 15 is 0 Å². The van der Waals surface area contributed by atoms with Crippen molar-refractivity contribution in [2.45, 2.75) is 0 Å². The van der Waals surface area contributed by atoms with Gasteiger partial charge in [-0.3, -0.25) is 14.5 Å². The molecular formula is C7H10N2O5S. The molecule has 1 aromatic rings. The van der Waals surface area contributed by atoms with Gasteiger partial charge in [0.15, 0.2) is 0 Å². The molecule has 0 aliphatic carbocycles. The molecule has 1 rings (SSSR count). The van der Waals surface area contributed by atoms with Crippen LogP contribution in [0.5, 0.6) is 5.75 Å². The van der Waals surface area contributed by atoms with Crippen LogP contribution in [0.4, 0.5) is 0 Å². The number of phenols is 1. The van der Waals surface area contributed by atoms with Gasteiger partial charge in [-0.2, -0.15) is 8.42 Å². The first kappa shape index (κ1) is 13.4. The zero-order valence-electron chi connectivity index (χ0n) is 7.45. The summed E-state index contributed by atoms with van der Waals surface area (Å²) in [5.74, 6) is -0.0619. The number of nitrogens with two attached hydrogens (primary N) is 1. The molecule has 1 aromatic carbocycles. The minimum atomic E-state index is -4.67. The van der Waals surface area contributed by atoms with Gasteiger partial charge in [-0.25, -0.2) is 0 Å². The van der Waals surface area contributed by atoms with E-state index in [0.29, 0.717) is 5.56 Å². The van der Waals surface area contributed by atoms with Gasteiger partial charge in [0.1, 0.15) is 11.6 Å². The summed E-state index contributed by atoms with van der Waals surface area (Å²) in [6.45, 7) is 0. The van der Waals surface area contributed by atoms with Crippen molar-refractivity contribution < 1.29 is 22.6 Å². The Bertz CT molecular complexity index is 434. The van der Waals surface area contributed by atoms with Crippen molar-refractivity contribution in [3.05, 3.63) is 29.8 Å². The Morgan fingerprint density at radius 3 is 1.93 bits per heavy atom. The molecule has 0 unspecified atom stereocenters. The lowest BCUT2D eigenvalue weighted by Gasteiger charge is -1.98. The van der Waals surface area contributed by atoms with Crippen LogP contribution in [-0.4, -0.2) is 28.5 Å². The lowest BCUT2D eigenvalue weighted by atomic mass is 10.2. The second kappa shape index (κ2) is 5.29. The summed E-state index contributed by atoms with van der Waals surface area (Å²) in [6.07, 6.45) is 0. The maximum absolute atomic E-state index is 9.06. The summed E-state index contributed by atoms with van der Waals surface area (Å²) in [5.41, 5.74) is 5.52. The van der Waals surface area contributed by atoms with Crippen LogP contribution in [0.1, 0.15) is 5.56 Å². The zero-order valence-corrected chi connectivity index (χ0v) is 8.27. The number of phenolic OH excluding ortho intramolecular Hbond substituents is 1. The lowest BCUT2D eigenvalue weighted by Crippen LogP contribution is -2.10. The van der Waals surface area contributed by atoms with E-state index in [-0.39, 0.29) is 11.6 Å². The van der Waals surface area contributed by atoms with Gasteiger partial charge >= 0.3 is 10.4 Å². The van der Waals surface area contributed by atoms with Crippen LogP contribution in [-0.2, 0) is 10.4 Å². The predicted molar refractivity (Wildman–Crippen MR) is 53.3 cm³/mol. The minimum Gasteiger partial charge on any atom is -0.507 e. The summed E-state index contributed by atoms with van der Waals surface area (Å²) >= 11 is 0. The summed E-state index contributed by atoms with van der Waals surface area (Å²) in [4.78, 5) is 0. The predicted octanol–water partition coefficient (Wildman–Crippen LogP) is 0.0235. The average molecular weight is 234 g/mol. The number of aromatic hydroxyl groups is 1. The maximum Gasteiger partial charge on any atom is 0.394 e. The molecule has 0 fully saturated rings. The summed E-state index contributed by atoms with van der Waals surface area (Å²) < 4.78 is 31.6. The first-order chi connectivity index (χ1) is 6.72. The second-order valence-corrected chi connectivity index (χ2v) is 3.27. The van der Waals surface area contributed by atoms with Gasteiger partial charge in [-0.15, -0.1) is 0 Å². The van der Waals surface area contributed by atoms with Gasteiger partial charge in [0.05, 0.1) is 5.56 Å². The Morgan fingerprint density at radius 1 is 1.27 bits per heavy atom. The molecule has 8 heteroatoms. The summed E-state index contributed by atoms with van der Waals surface area (Å²) in [6, 6.07) is 6.49. The van der Waals surface area contributed by atoms with E-state index in [1.807, 2.05) is 0 Å². The number of para-hydroxylation sites is 1. The van der Waals surface area contributed by atoms with Crippen LogP contribution in [0.2, 0.25) is 0 Å². The molecule has 84 valence electrons. The van der Waals surface area contributed by atoms with Gasteiger partial charge < -0.3 is 10.8 Å². The van der Waals surface area contributed by atoms with Crippen molar-refractivity contribution in [3.63, 3.8) is 0 Å². The molecule has 0 saturated carbocycles. The highest BCUT2D eigenvalue weighted by Crippen LogP contribution is 2.13. The molecule has 0 saturated heterocycles. The third kappa shape index (κ3) is 7.43. The van der Waals surface area contributed by atoms with E-state index in [2.05, 4.69) is 0 Å². The van der Waals surface area contributed by atoms with Crippen LogP contribution < -0.4 is 5.73 Å². The molecule has 0 aromatic heterocycles. The summed E-state index contributed by atoms with van der Waals surface area (Å²) in [7, 11) is -4.67. The number of amidine groups is 1. The monoisotopic (exact) mass is 234 g/mol. The molecule has 6 N–H and O–H groups in total. The van der Waals surface area contributed by atoms with E-state index in [4.69, 9.17) is 33.8 Å². The van der Waals surface area contributed by atoms with E-state index < -0.39 is 10.4 Å². The van der Waals surface area contributed by atoms with E-state index in [1.54, 1.807) is 18.2 Å². The fraction of sp³-hybridized carbons (Fsp3) is 0. The Hall–Kier alpha value is -1.64. The molecule has 0 heterocycles. The number of hydrogen-bond donors (Lipinski definition) is 5. The number of nitrogens with one attached hydrogen (secondary N) is 1. The van der Waals surface area contributed by atoms with Crippen molar-refractivity contribution in [3.8, 4) is 5.75 Å². The SMILES string of the molecule is N=C(N)c1ccccc1O.O=S(=O)(O)O. The Balaban J connectivity index is 0.000000336. The molecular weight excluding hydrogens is 224 g/mol. The first-order valence-corrected chi connectivity index (χ1v) is 4.94. The minimum absolute atomic E-state index is 0.0509. The van der Waals surface area contributed by atoms with Crippen molar-refractivity contribution in [2.75, 3.05) is 0 Å². The van der Waals surface area contributed by atoms with E-state index in [1.165, 1.54) is 6.07 Å². The normalized spacial score (nSPS) is 10.0. The fourth-order valence-corrected chi connectivity index (χ4v) is 0.701. The second-order valence-electron chi connectivity index (χ2n) is 2.38. The molecule has 0 atom stereocenters. The van der Waals surface area contributed by atoms with E-state index in [0.717, 1.165) is 0 Å². The highest BCUT2D eigenvalue weighted by molar-refractivity contribution is 7.79. The quantitative estimate of drug-likeness (QED) is 0.263. The number of benzene rings is 1. The third-order valence-electron chi connectivity index (χ3n) is 1.19. The maximum atomic E-state index is 9.06. The van der Waals surface area contributed by atoms with Gasteiger partial charge in [-0.1, -0.05) is 12.1 Å². The van der Waals surface area contributed by atoms with Crippen LogP contribution >= 0.6 is 0 Å². The van der Waals surface area contributed by atoms with Crippen LogP contribution in [0.3, 0.4) is 0 Å². The number of hydrogen-bond acceptors (Lipinski definition) is 4. The molecule has 7 nitrogen and oxygen atoms in total. The topological polar surface area (TPSA) is 145 Å². The Labute approximate surface area is 86.3 Å². The standard InChI is InChI=1S/C7H8N2O.H2O4S/c8-7(9)5-3-1-2-4-6(5)10;1-5(2,3)4/h1-4,10H,(H3,8,9);(H2,1,2,3,4). The zero-order chi connectivity index (χ0) is 12.1. The largest absolute Gasteiger partial charge is 0.507 e. The van der Waals surface area contributed by atoms with Crippen molar-refractivity contribution in [2.24, 2.45) is 5.73 Å².